The summed E-state index contributed by atoms with van der Waals surface area (Å²) in [5, 5.41) is 3.46. The topological polar surface area (TPSA) is 86.8 Å². The minimum atomic E-state index is -4.34. The van der Waals surface area contributed by atoms with E-state index in [0.29, 0.717) is 5.56 Å². The van der Waals surface area contributed by atoms with E-state index in [-0.39, 0.29) is 45.5 Å². The zero-order valence-electron chi connectivity index (χ0n) is 25.7. The van der Waals surface area contributed by atoms with Crippen LogP contribution in [0.2, 0.25) is 10.0 Å². The van der Waals surface area contributed by atoms with E-state index in [1.807, 2.05) is 30.3 Å². The fraction of sp³-hybridized carbons (Fsp3) is 0.278. The first-order chi connectivity index (χ1) is 22.6. The van der Waals surface area contributed by atoms with Gasteiger partial charge in [-0.3, -0.25) is 13.9 Å². The summed E-state index contributed by atoms with van der Waals surface area (Å²) in [5.41, 5.74) is 1.41. The first-order valence-electron chi connectivity index (χ1n) is 15.5. The number of carbonyl (C=O) groups is 2. The molecule has 0 spiro atoms. The third kappa shape index (κ3) is 8.91. The lowest BCUT2D eigenvalue weighted by Gasteiger charge is -2.35. The molecule has 0 saturated heterocycles. The van der Waals surface area contributed by atoms with Crippen LogP contribution >= 0.6 is 23.2 Å². The number of hydrogen-bond acceptors (Lipinski definition) is 4. The molecule has 4 aromatic carbocycles. The molecule has 1 aliphatic carbocycles. The average Bonchev–Trinajstić information content (AvgIpc) is 3.08. The molecule has 246 valence electrons. The van der Waals surface area contributed by atoms with Crippen molar-refractivity contribution in [2.24, 2.45) is 0 Å². The fourth-order valence-electron chi connectivity index (χ4n) is 5.79. The van der Waals surface area contributed by atoms with Crippen LogP contribution in [-0.4, -0.2) is 43.8 Å². The van der Waals surface area contributed by atoms with Gasteiger partial charge >= 0.3 is 0 Å². The Morgan fingerprint density at radius 1 is 0.830 bits per heavy atom. The second kappa shape index (κ2) is 15.8. The molecule has 0 bridgehead atoms. The van der Waals surface area contributed by atoms with Crippen molar-refractivity contribution in [1.29, 1.82) is 0 Å². The highest BCUT2D eigenvalue weighted by Crippen LogP contribution is 2.33. The van der Waals surface area contributed by atoms with Crippen LogP contribution in [0.3, 0.4) is 0 Å². The summed E-state index contributed by atoms with van der Waals surface area (Å²) in [6.45, 7) is -0.752. The van der Waals surface area contributed by atoms with E-state index in [2.05, 4.69) is 5.32 Å². The summed E-state index contributed by atoms with van der Waals surface area (Å²) >= 11 is 12.8. The van der Waals surface area contributed by atoms with E-state index < -0.39 is 34.3 Å². The summed E-state index contributed by atoms with van der Waals surface area (Å²) in [5.74, 6) is -1.43. The lowest BCUT2D eigenvalue weighted by molar-refractivity contribution is -0.140. The number of halogens is 3. The molecule has 7 nitrogen and oxygen atoms in total. The van der Waals surface area contributed by atoms with Crippen LogP contribution in [0.1, 0.15) is 43.2 Å². The van der Waals surface area contributed by atoms with Crippen molar-refractivity contribution in [3.05, 3.63) is 130 Å². The van der Waals surface area contributed by atoms with Gasteiger partial charge in [-0.05, 0) is 66.4 Å². The second-order valence-electron chi connectivity index (χ2n) is 11.6. The second-order valence-corrected chi connectivity index (χ2v) is 14.3. The molecule has 2 amide bonds. The molecule has 0 radical (unpaired) electrons. The smallest absolute Gasteiger partial charge is 0.264 e. The van der Waals surface area contributed by atoms with Crippen molar-refractivity contribution >= 4 is 50.7 Å². The molecule has 1 fully saturated rings. The van der Waals surface area contributed by atoms with E-state index in [4.69, 9.17) is 23.2 Å². The van der Waals surface area contributed by atoms with Crippen molar-refractivity contribution in [1.82, 2.24) is 10.2 Å². The van der Waals surface area contributed by atoms with Crippen molar-refractivity contribution in [2.45, 2.75) is 62.0 Å². The summed E-state index contributed by atoms with van der Waals surface area (Å²) in [6.07, 6.45) is 4.96. The van der Waals surface area contributed by atoms with E-state index in [9.17, 15) is 22.4 Å². The van der Waals surface area contributed by atoms with Gasteiger partial charge in [-0.25, -0.2) is 12.8 Å². The maximum atomic E-state index is 14.6. The summed E-state index contributed by atoms with van der Waals surface area (Å²) in [4.78, 5) is 30.1. The van der Waals surface area contributed by atoms with Gasteiger partial charge < -0.3 is 10.2 Å². The fourth-order valence-corrected chi connectivity index (χ4v) is 7.68. The molecule has 1 unspecified atom stereocenters. The number of nitrogens with one attached hydrogen (secondary N) is 1. The molecule has 0 aliphatic heterocycles. The minimum absolute atomic E-state index is 0.0179. The van der Waals surface area contributed by atoms with E-state index >= 15 is 0 Å². The highest BCUT2D eigenvalue weighted by atomic mass is 35.5. The zero-order chi connectivity index (χ0) is 33.4. The standard InChI is InChI=1S/C36H36Cl2FN3O4S/c37-28-18-21-32(38)33(23-28)42(47(45,46)31-14-8-3-9-15-31)25-35(43)41(24-27-16-19-29(39)20-17-27)34(22-26-10-4-1-5-11-26)36(44)40-30-12-6-2-7-13-30/h1,3-5,8-11,14-21,23,30,34H,2,6-7,12-13,22,24-25H2,(H,40,44). The van der Waals surface area contributed by atoms with Gasteiger partial charge in [0.05, 0.1) is 15.6 Å². The molecular weight excluding hydrogens is 660 g/mol. The molecule has 0 heterocycles. The Kier molecular flexibility index (Phi) is 11.6. The molecule has 1 aliphatic rings. The van der Waals surface area contributed by atoms with Gasteiger partial charge in [-0.2, -0.15) is 0 Å². The third-order valence-corrected chi connectivity index (χ3v) is 10.6. The maximum Gasteiger partial charge on any atom is 0.264 e. The Morgan fingerprint density at radius 3 is 2.13 bits per heavy atom. The van der Waals surface area contributed by atoms with Crippen molar-refractivity contribution in [3.8, 4) is 0 Å². The Hall–Kier alpha value is -3.92. The van der Waals surface area contributed by atoms with Crippen LogP contribution in [0, 0.1) is 5.82 Å². The molecule has 11 heteroatoms. The monoisotopic (exact) mass is 695 g/mol. The van der Waals surface area contributed by atoms with Gasteiger partial charge in [-0.1, -0.05) is 103 Å². The zero-order valence-corrected chi connectivity index (χ0v) is 28.0. The van der Waals surface area contributed by atoms with Crippen molar-refractivity contribution < 1.29 is 22.4 Å². The van der Waals surface area contributed by atoms with Gasteiger partial charge in [0.15, 0.2) is 0 Å². The maximum absolute atomic E-state index is 14.6. The Morgan fingerprint density at radius 2 is 1.47 bits per heavy atom. The molecular formula is C36H36Cl2FN3O4S. The largest absolute Gasteiger partial charge is 0.352 e. The Labute approximate surface area is 285 Å². The van der Waals surface area contributed by atoms with Crippen molar-refractivity contribution in [3.63, 3.8) is 0 Å². The number of carbonyl (C=O) groups excluding carboxylic acids is 2. The number of rotatable bonds is 12. The molecule has 0 aromatic heterocycles. The van der Waals surface area contributed by atoms with Crippen LogP contribution < -0.4 is 9.62 Å². The lowest BCUT2D eigenvalue weighted by Crippen LogP contribution is -2.55. The number of nitrogens with zero attached hydrogens (tertiary/aromatic N) is 2. The molecule has 1 atom stereocenters. The van der Waals surface area contributed by atoms with Gasteiger partial charge in [-0.15, -0.1) is 0 Å². The van der Waals surface area contributed by atoms with Crippen LogP contribution in [-0.2, 0) is 32.6 Å². The molecule has 4 aromatic rings. The van der Waals surface area contributed by atoms with Crippen LogP contribution in [0.5, 0.6) is 0 Å². The first kappa shape index (κ1) is 34.4. The molecule has 47 heavy (non-hydrogen) atoms. The number of amides is 2. The molecule has 5 rings (SSSR count). The normalized spacial score (nSPS) is 14.3. The van der Waals surface area contributed by atoms with Crippen LogP contribution in [0.25, 0.3) is 0 Å². The molecule has 1 saturated carbocycles. The lowest BCUT2D eigenvalue weighted by atomic mass is 9.94. The van der Waals surface area contributed by atoms with E-state index in [1.54, 1.807) is 30.3 Å². The number of hydrogen-bond donors (Lipinski definition) is 1. The summed E-state index contributed by atoms with van der Waals surface area (Å²) in [7, 11) is -4.34. The molecule has 1 N–H and O–H groups in total. The Bertz CT molecular complexity index is 1770. The first-order valence-corrected chi connectivity index (χ1v) is 17.7. The third-order valence-electron chi connectivity index (χ3n) is 8.28. The quantitative estimate of drug-likeness (QED) is 0.167. The number of anilines is 1. The Balaban J connectivity index is 1.58. The van der Waals surface area contributed by atoms with Gasteiger partial charge in [0.1, 0.15) is 18.4 Å². The highest BCUT2D eigenvalue weighted by molar-refractivity contribution is 7.92. The summed E-state index contributed by atoms with van der Waals surface area (Å²) in [6, 6.07) is 26.0. The van der Waals surface area contributed by atoms with Crippen LogP contribution in [0.4, 0.5) is 10.1 Å². The van der Waals surface area contributed by atoms with Crippen LogP contribution in [0.15, 0.2) is 108 Å². The number of sulfonamides is 1. The van der Waals surface area contributed by atoms with Crippen molar-refractivity contribution in [2.75, 3.05) is 10.8 Å². The predicted molar refractivity (Wildman–Crippen MR) is 183 cm³/mol. The van der Waals surface area contributed by atoms with Gasteiger partial charge in [0, 0.05) is 24.0 Å². The minimum Gasteiger partial charge on any atom is -0.352 e. The predicted octanol–water partition coefficient (Wildman–Crippen LogP) is 7.42. The van der Waals surface area contributed by atoms with E-state index in [0.717, 1.165) is 42.0 Å². The average molecular weight is 697 g/mol. The van der Waals surface area contributed by atoms with Gasteiger partial charge in [0.2, 0.25) is 11.8 Å². The highest BCUT2D eigenvalue weighted by Gasteiger charge is 2.36. The van der Waals surface area contributed by atoms with Gasteiger partial charge in [0.25, 0.3) is 10.0 Å². The SMILES string of the molecule is O=C(NC1CCCCC1)C(Cc1ccccc1)N(Cc1ccc(F)cc1)C(=O)CN(c1cc(Cl)ccc1Cl)S(=O)(=O)c1ccccc1. The summed E-state index contributed by atoms with van der Waals surface area (Å²) < 4.78 is 43.1. The van der Waals surface area contributed by atoms with E-state index in [1.165, 1.54) is 47.4 Å². The number of benzene rings is 4.